The van der Waals surface area contributed by atoms with Gasteiger partial charge in [-0.2, -0.15) is 0 Å². The number of carbonyl (C=O) groups excluding carboxylic acids is 2. The minimum absolute atomic E-state index is 0.00515. The fraction of sp³-hybridized carbons (Fsp3) is 0.710. The summed E-state index contributed by atoms with van der Waals surface area (Å²) in [5.74, 6) is 0.138. The summed E-state index contributed by atoms with van der Waals surface area (Å²) in [7, 11) is 0. The minimum atomic E-state index is -0.187. The summed E-state index contributed by atoms with van der Waals surface area (Å²) in [6, 6.07) is 6.83. The van der Waals surface area contributed by atoms with E-state index in [-0.39, 0.29) is 41.9 Å². The van der Waals surface area contributed by atoms with E-state index in [9.17, 15) is 9.59 Å². The second-order valence-electron chi connectivity index (χ2n) is 12.6. The molecule has 7 atom stereocenters. The molecule has 8 nitrogen and oxygen atoms in total. The van der Waals surface area contributed by atoms with Crippen molar-refractivity contribution in [2.45, 2.75) is 94.0 Å². The number of aromatic nitrogens is 1. The Bertz CT molecular complexity index is 1090. The third-order valence-corrected chi connectivity index (χ3v) is 10.5. The first-order chi connectivity index (χ1) is 19.2. The number of ketones is 1. The van der Waals surface area contributed by atoms with Crippen LogP contribution < -0.4 is 5.32 Å². The van der Waals surface area contributed by atoms with Crippen molar-refractivity contribution in [2.24, 2.45) is 5.92 Å². The Hall–Kier alpha value is -2.29. The van der Waals surface area contributed by atoms with Gasteiger partial charge in [0, 0.05) is 55.6 Å². The summed E-state index contributed by atoms with van der Waals surface area (Å²) in [5, 5.41) is 3.08. The van der Waals surface area contributed by atoms with E-state index in [0.717, 1.165) is 64.8 Å². The highest BCUT2D eigenvalue weighted by atomic mass is 16.5. The fourth-order valence-corrected chi connectivity index (χ4v) is 8.51. The van der Waals surface area contributed by atoms with Crippen molar-refractivity contribution in [2.75, 3.05) is 39.3 Å². The minimum Gasteiger partial charge on any atom is -0.369 e. The Kier molecular flexibility index (Phi) is 7.20. The number of nitrogens with one attached hydrogen (secondary N) is 1. The van der Waals surface area contributed by atoms with E-state index >= 15 is 0 Å². The van der Waals surface area contributed by atoms with Crippen LogP contribution in [0.25, 0.3) is 0 Å². The number of hydrogen-bond donors (Lipinski definition) is 1. The number of amides is 1. The van der Waals surface area contributed by atoms with Crippen LogP contribution in [0.15, 0.2) is 36.2 Å². The van der Waals surface area contributed by atoms with Gasteiger partial charge in [-0.25, -0.2) is 0 Å². The second-order valence-corrected chi connectivity index (χ2v) is 12.6. The van der Waals surface area contributed by atoms with Crippen molar-refractivity contribution in [3.05, 3.63) is 41.9 Å². The molecule has 7 unspecified atom stereocenters. The first-order valence-corrected chi connectivity index (χ1v) is 15.5. The van der Waals surface area contributed by atoms with Crippen molar-refractivity contribution in [3.63, 3.8) is 0 Å². The molecule has 0 radical (unpaired) electrons. The van der Waals surface area contributed by atoms with Gasteiger partial charge in [0.25, 0.3) is 5.91 Å². The Balaban J connectivity index is 1.11. The summed E-state index contributed by atoms with van der Waals surface area (Å²) < 4.78 is 6.98. The summed E-state index contributed by atoms with van der Waals surface area (Å²) in [6.45, 7) is 5.73. The summed E-state index contributed by atoms with van der Waals surface area (Å²) in [4.78, 5) is 39.3. The predicted molar refractivity (Wildman–Crippen MR) is 148 cm³/mol. The molecule has 0 spiro atoms. The lowest BCUT2D eigenvalue weighted by atomic mass is 9.70. The Morgan fingerprint density at radius 1 is 1.00 bits per heavy atom. The van der Waals surface area contributed by atoms with E-state index in [1.807, 2.05) is 18.5 Å². The quantitative estimate of drug-likeness (QED) is 0.564. The van der Waals surface area contributed by atoms with Gasteiger partial charge in [0.1, 0.15) is 0 Å². The number of carbonyl (C=O) groups is 2. The van der Waals surface area contributed by atoms with Crippen molar-refractivity contribution in [3.8, 4) is 0 Å². The van der Waals surface area contributed by atoms with Crippen LogP contribution in [-0.4, -0.2) is 101 Å². The van der Waals surface area contributed by atoms with Gasteiger partial charge in [-0.05, 0) is 76.7 Å². The van der Waals surface area contributed by atoms with Gasteiger partial charge in [-0.15, -0.1) is 0 Å². The van der Waals surface area contributed by atoms with Crippen LogP contribution >= 0.6 is 0 Å². The van der Waals surface area contributed by atoms with E-state index in [4.69, 9.17) is 4.74 Å². The summed E-state index contributed by atoms with van der Waals surface area (Å²) in [5.41, 5.74) is 1.56. The van der Waals surface area contributed by atoms with Gasteiger partial charge in [-0.1, -0.05) is 18.9 Å². The number of fused-ring (bicyclic) bond motifs is 2. The molecule has 2 saturated carbocycles. The standard InChI is InChI=1S/C31H43N5O3/c37-29-22-10-11-26(35-17-12-21(19-35)24-7-3-4-13-32-24)30-28(22)36(25-8-1-2-9-27(25)39-30)20-23(29)31(38)33-14-18-34-15-5-6-16-34/h3-4,7,13,20-22,25-28,30H,1-2,5-6,8-12,14-19H2,(H,33,38). The molecule has 0 aromatic carbocycles. The van der Waals surface area contributed by atoms with E-state index in [2.05, 4.69) is 37.1 Å². The highest BCUT2D eigenvalue weighted by Crippen LogP contribution is 2.46. The monoisotopic (exact) mass is 533 g/mol. The lowest BCUT2D eigenvalue weighted by molar-refractivity contribution is -0.199. The molecule has 39 heavy (non-hydrogen) atoms. The molecule has 1 amide bonds. The Morgan fingerprint density at radius 2 is 1.87 bits per heavy atom. The predicted octanol–water partition coefficient (Wildman–Crippen LogP) is 2.71. The van der Waals surface area contributed by atoms with E-state index in [1.165, 1.54) is 31.4 Å². The van der Waals surface area contributed by atoms with Crippen LogP contribution in [-0.2, 0) is 14.3 Å². The van der Waals surface area contributed by atoms with Gasteiger partial charge < -0.3 is 19.9 Å². The lowest BCUT2D eigenvalue weighted by Gasteiger charge is -2.59. The maximum absolute atomic E-state index is 13.8. The molecule has 210 valence electrons. The molecule has 5 fully saturated rings. The molecule has 1 N–H and O–H groups in total. The van der Waals surface area contributed by atoms with Crippen LogP contribution in [0.4, 0.5) is 0 Å². The number of nitrogens with zero attached hydrogens (tertiary/aromatic N) is 4. The highest BCUT2D eigenvalue weighted by Gasteiger charge is 2.57. The molecule has 2 aliphatic carbocycles. The molecule has 6 aliphatic rings. The average Bonchev–Trinajstić information content (AvgIpc) is 3.68. The smallest absolute Gasteiger partial charge is 0.256 e. The maximum atomic E-state index is 13.8. The normalized spacial score (nSPS) is 36.8. The maximum Gasteiger partial charge on any atom is 0.256 e. The van der Waals surface area contributed by atoms with Crippen molar-refractivity contribution in [1.29, 1.82) is 0 Å². The van der Waals surface area contributed by atoms with E-state index in [1.54, 1.807) is 0 Å². The molecule has 7 rings (SSSR count). The first-order valence-electron chi connectivity index (χ1n) is 15.5. The first kappa shape index (κ1) is 25.7. The van der Waals surface area contributed by atoms with Crippen molar-refractivity contribution in [1.82, 2.24) is 25.0 Å². The number of pyridine rings is 1. The fourth-order valence-electron chi connectivity index (χ4n) is 8.51. The molecular formula is C31H43N5O3. The zero-order chi connectivity index (χ0) is 26.3. The number of ether oxygens (including phenoxy) is 1. The molecule has 5 heterocycles. The van der Waals surface area contributed by atoms with Crippen LogP contribution in [0, 0.1) is 5.92 Å². The average molecular weight is 534 g/mol. The van der Waals surface area contributed by atoms with Gasteiger partial charge in [0.05, 0.1) is 29.9 Å². The van der Waals surface area contributed by atoms with Gasteiger partial charge in [0.15, 0.2) is 5.78 Å². The largest absolute Gasteiger partial charge is 0.369 e. The topological polar surface area (TPSA) is 78.0 Å². The second kappa shape index (κ2) is 10.9. The molecule has 0 bridgehead atoms. The third-order valence-electron chi connectivity index (χ3n) is 10.5. The SMILES string of the molecule is O=C(NCCN1CCCC1)C1=CN2C3CCCCC3OC3C(N4CCC(c5ccccn5)C4)CCC(C1=O)C32. The van der Waals surface area contributed by atoms with Crippen LogP contribution in [0.3, 0.4) is 0 Å². The number of Topliss-reactive ketones (excluding diaryl/α,β-unsaturated/α-hetero) is 1. The highest BCUT2D eigenvalue weighted by molar-refractivity contribution is 6.20. The molecule has 8 heteroatoms. The third kappa shape index (κ3) is 4.82. The van der Waals surface area contributed by atoms with Crippen LogP contribution in [0.1, 0.15) is 69.4 Å². The molecule has 3 saturated heterocycles. The lowest BCUT2D eigenvalue weighted by Crippen LogP contribution is -2.70. The van der Waals surface area contributed by atoms with E-state index < -0.39 is 0 Å². The number of morpholine rings is 1. The van der Waals surface area contributed by atoms with Gasteiger partial charge in [0.2, 0.25) is 0 Å². The zero-order valence-corrected chi connectivity index (χ0v) is 23.0. The number of rotatable bonds is 6. The van der Waals surface area contributed by atoms with Crippen molar-refractivity contribution >= 4 is 11.7 Å². The van der Waals surface area contributed by atoms with Crippen LogP contribution in [0.5, 0.6) is 0 Å². The summed E-state index contributed by atoms with van der Waals surface area (Å²) in [6.07, 6.45) is 13.9. The van der Waals surface area contributed by atoms with Crippen LogP contribution in [0.2, 0.25) is 0 Å². The van der Waals surface area contributed by atoms with Gasteiger partial charge in [-0.3, -0.25) is 19.5 Å². The Labute approximate surface area is 232 Å². The molecular weight excluding hydrogens is 490 g/mol. The molecule has 4 aliphatic heterocycles. The number of hydrogen-bond acceptors (Lipinski definition) is 7. The molecule has 1 aromatic rings. The van der Waals surface area contributed by atoms with Gasteiger partial charge >= 0.3 is 0 Å². The summed E-state index contributed by atoms with van der Waals surface area (Å²) >= 11 is 0. The van der Waals surface area contributed by atoms with E-state index in [0.29, 0.717) is 24.1 Å². The molecule has 1 aromatic heterocycles. The van der Waals surface area contributed by atoms with Crippen molar-refractivity contribution < 1.29 is 14.3 Å². The number of likely N-dealkylation sites (tertiary alicyclic amines) is 2. The Morgan fingerprint density at radius 3 is 2.72 bits per heavy atom. The zero-order valence-electron chi connectivity index (χ0n) is 23.0.